The summed E-state index contributed by atoms with van der Waals surface area (Å²) >= 11 is 0. The van der Waals surface area contributed by atoms with Gasteiger partial charge in [-0.2, -0.15) is 0 Å². The van der Waals surface area contributed by atoms with Crippen molar-refractivity contribution in [1.29, 1.82) is 0 Å². The second-order valence-corrected chi connectivity index (χ2v) is 5.48. The minimum Gasteiger partial charge on any atom is -0.545 e. The Morgan fingerprint density at radius 1 is 0.900 bits per heavy atom. The smallest absolute Gasteiger partial charge is 0.545 e. The number of carboxylic acids is 1. The summed E-state index contributed by atoms with van der Waals surface area (Å²) in [6, 6.07) is 11.0. The normalized spacial score (nSPS) is 9.20. The number of amides is 2. The number of nitrogens with one attached hydrogen (secondary N) is 2. The number of imide groups is 1. The second kappa shape index (κ2) is 14.1. The summed E-state index contributed by atoms with van der Waals surface area (Å²) in [5, 5.41) is 15.0. The van der Waals surface area contributed by atoms with Gasteiger partial charge in [0.15, 0.2) is 11.5 Å². The summed E-state index contributed by atoms with van der Waals surface area (Å²) in [5.74, 6) is -1.02. The molecule has 0 aromatic heterocycles. The zero-order valence-electron chi connectivity index (χ0n) is 17.6. The molecule has 0 radical (unpaired) electrons. The molecule has 0 spiro atoms. The van der Waals surface area contributed by atoms with Crippen molar-refractivity contribution in [3.8, 4) is 17.2 Å². The van der Waals surface area contributed by atoms with Crippen molar-refractivity contribution >= 4 is 17.8 Å². The number of likely N-dealkylation sites (N-methyl/N-ethyl adjacent to an activating group) is 1. The monoisotopic (exact) mass is 410 g/mol. The van der Waals surface area contributed by atoms with Crippen LogP contribution in [0.15, 0.2) is 42.5 Å². The SMILES string of the molecule is CNCC(=O)NC(=O)c1cc(OC)c(OC)c(OC)c1.O=C([O-])c1ccccc1.[Li+]. The number of rotatable bonds is 7. The minimum atomic E-state index is -1.13. The first-order valence-electron chi connectivity index (χ1n) is 8.43. The first-order valence-corrected chi connectivity index (χ1v) is 8.43. The van der Waals surface area contributed by atoms with Gasteiger partial charge in [-0.1, -0.05) is 30.3 Å². The Kier molecular flexibility index (Phi) is 12.7. The van der Waals surface area contributed by atoms with E-state index in [-0.39, 0.29) is 36.5 Å². The zero-order valence-corrected chi connectivity index (χ0v) is 17.6. The Bertz CT molecular complexity index is 819. The topological polar surface area (TPSA) is 126 Å². The number of carbonyl (C=O) groups is 3. The van der Waals surface area contributed by atoms with Crippen LogP contribution in [0.4, 0.5) is 0 Å². The Balaban J connectivity index is 0.000000704. The molecule has 0 saturated carbocycles. The molecule has 0 unspecified atom stereocenters. The maximum Gasteiger partial charge on any atom is 1.00 e. The molecule has 0 fully saturated rings. The largest absolute Gasteiger partial charge is 1.00 e. The van der Waals surface area contributed by atoms with Gasteiger partial charge in [0.1, 0.15) is 0 Å². The molecule has 30 heavy (non-hydrogen) atoms. The van der Waals surface area contributed by atoms with E-state index in [1.54, 1.807) is 25.2 Å². The van der Waals surface area contributed by atoms with Gasteiger partial charge in [0.25, 0.3) is 5.91 Å². The third kappa shape index (κ3) is 8.17. The number of ether oxygens (including phenoxy) is 3. The molecule has 0 saturated heterocycles. The minimum absolute atomic E-state index is 0. The van der Waals surface area contributed by atoms with Crippen molar-refractivity contribution in [3.63, 3.8) is 0 Å². The number of carboxylic acid groups (broad SMARTS) is 1. The molecular weight excluding hydrogens is 387 g/mol. The molecule has 156 valence electrons. The van der Waals surface area contributed by atoms with E-state index >= 15 is 0 Å². The van der Waals surface area contributed by atoms with Crippen molar-refractivity contribution in [2.75, 3.05) is 34.9 Å². The van der Waals surface area contributed by atoms with Crippen molar-refractivity contribution in [2.24, 2.45) is 0 Å². The van der Waals surface area contributed by atoms with Crippen LogP contribution >= 0.6 is 0 Å². The van der Waals surface area contributed by atoms with Crippen molar-refractivity contribution in [3.05, 3.63) is 53.6 Å². The van der Waals surface area contributed by atoms with Gasteiger partial charge in [0, 0.05) is 5.56 Å². The summed E-state index contributed by atoms with van der Waals surface area (Å²) in [5.41, 5.74) is 0.460. The molecule has 0 atom stereocenters. The van der Waals surface area contributed by atoms with E-state index in [1.165, 1.54) is 45.6 Å². The third-order valence-electron chi connectivity index (χ3n) is 3.53. The van der Waals surface area contributed by atoms with Crippen molar-refractivity contribution in [1.82, 2.24) is 10.6 Å². The molecule has 2 aromatic rings. The Labute approximate surface area is 186 Å². The Morgan fingerprint density at radius 2 is 1.43 bits per heavy atom. The summed E-state index contributed by atoms with van der Waals surface area (Å²) in [6.07, 6.45) is 0. The van der Waals surface area contributed by atoms with E-state index in [0.717, 1.165) is 0 Å². The molecule has 0 aliphatic rings. The number of carbonyl (C=O) groups excluding carboxylic acids is 3. The number of benzene rings is 2. The summed E-state index contributed by atoms with van der Waals surface area (Å²) in [4.78, 5) is 33.4. The standard InChI is InChI=1S/C13H18N2O5.C7H6O2.Li/c1-14-7-11(16)15-13(17)8-5-9(18-2)12(20-4)10(6-8)19-3;8-7(9)6-4-2-1-3-5-6;/h5-6,14H,7H2,1-4H3,(H,15,16,17);1-5H,(H,8,9);/q;;+1/p-1. The summed E-state index contributed by atoms with van der Waals surface area (Å²) in [6.45, 7) is 0.0518. The third-order valence-corrected chi connectivity index (χ3v) is 3.53. The van der Waals surface area contributed by atoms with Crippen LogP contribution in [0, 0.1) is 0 Å². The predicted octanol–water partition coefficient (Wildman–Crippen LogP) is -2.76. The fourth-order valence-electron chi connectivity index (χ4n) is 2.19. The van der Waals surface area contributed by atoms with Gasteiger partial charge in [-0.05, 0) is 24.7 Å². The zero-order chi connectivity index (χ0) is 21.8. The summed E-state index contributed by atoms with van der Waals surface area (Å²) in [7, 11) is 5.98. The Morgan fingerprint density at radius 3 is 1.80 bits per heavy atom. The molecule has 2 amide bonds. The van der Waals surface area contributed by atoms with E-state index < -0.39 is 17.8 Å². The van der Waals surface area contributed by atoms with Gasteiger partial charge in [-0.25, -0.2) is 0 Å². The van der Waals surface area contributed by atoms with Crippen LogP contribution in [0.25, 0.3) is 0 Å². The van der Waals surface area contributed by atoms with E-state index in [1.807, 2.05) is 0 Å². The van der Waals surface area contributed by atoms with E-state index in [9.17, 15) is 19.5 Å². The quantitative estimate of drug-likeness (QED) is 0.471. The first-order chi connectivity index (χ1) is 13.9. The van der Waals surface area contributed by atoms with Crippen LogP contribution in [0.2, 0.25) is 0 Å². The van der Waals surface area contributed by atoms with Gasteiger partial charge in [-0.15, -0.1) is 0 Å². The Hall–Kier alpha value is -2.99. The van der Waals surface area contributed by atoms with Crippen LogP contribution in [0.3, 0.4) is 0 Å². The van der Waals surface area contributed by atoms with Crippen molar-refractivity contribution < 1.29 is 52.6 Å². The van der Waals surface area contributed by atoms with Gasteiger partial charge in [-0.3, -0.25) is 14.9 Å². The van der Waals surface area contributed by atoms with Crippen molar-refractivity contribution in [2.45, 2.75) is 0 Å². The van der Waals surface area contributed by atoms with Crippen LogP contribution in [-0.2, 0) is 4.79 Å². The molecule has 0 heterocycles. The molecule has 2 N–H and O–H groups in total. The van der Waals surface area contributed by atoms with Crippen LogP contribution < -0.4 is 48.8 Å². The molecule has 0 bridgehead atoms. The van der Waals surface area contributed by atoms with Gasteiger partial charge in [0.05, 0.1) is 33.8 Å². The number of hydrogen-bond donors (Lipinski definition) is 2. The van der Waals surface area contributed by atoms with E-state index in [2.05, 4.69) is 10.6 Å². The first kappa shape index (κ1) is 27.0. The molecule has 2 rings (SSSR count). The van der Waals surface area contributed by atoms with Gasteiger partial charge in [0.2, 0.25) is 11.7 Å². The predicted molar refractivity (Wildman–Crippen MR) is 103 cm³/mol. The number of methoxy groups -OCH3 is 3. The maximum atomic E-state index is 12.0. The summed E-state index contributed by atoms with van der Waals surface area (Å²) < 4.78 is 15.4. The molecule has 9 nitrogen and oxygen atoms in total. The maximum absolute atomic E-state index is 12.0. The van der Waals surface area contributed by atoms with Gasteiger partial charge >= 0.3 is 18.9 Å². The fraction of sp³-hybridized carbons (Fsp3) is 0.250. The molecule has 10 heteroatoms. The number of hydrogen-bond acceptors (Lipinski definition) is 8. The molecular formula is C20H23LiN2O7. The fourth-order valence-corrected chi connectivity index (χ4v) is 2.19. The van der Waals surface area contributed by atoms with Crippen LogP contribution in [0.5, 0.6) is 17.2 Å². The van der Waals surface area contributed by atoms with Crippen LogP contribution in [-0.4, -0.2) is 52.7 Å². The number of aromatic carboxylic acids is 1. The molecule has 2 aromatic carbocycles. The average Bonchev–Trinajstić information content (AvgIpc) is 2.73. The van der Waals surface area contributed by atoms with Crippen LogP contribution in [0.1, 0.15) is 20.7 Å². The molecule has 0 aliphatic carbocycles. The van der Waals surface area contributed by atoms with E-state index in [4.69, 9.17) is 14.2 Å². The molecule has 0 aliphatic heterocycles. The average molecular weight is 410 g/mol. The van der Waals surface area contributed by atoms with Gasteiger partial charge < -0.3 is 29.4 Å². The van der Waals surface area contributed by atoms with E-state index in [0.29, 0.717) is 17.2 Å². The second-order valence-electron chi connectivity index (χ2n) is 5.48.